The molecule has 0 radical (unpaired) electrons. The number of hydrogen-bond acceptors (Lipinski definition) is 4. The fourth-order valence-corrected chi connectivity index (χ4v) is 2.11. The second-order valence-corrected chi connectivity index (χ2v) is 4.66. The number of benzene rings is 2. The molecule has 0 aliphatic carbocycles. The first-order valence-electron chi connectivity index (χ1n) is 6.67. The Hall–Kier alpha value is -3.28. The summed E-state index contributed by atoms with van der Waals surface area (Å²) in [7, 11) is 0. The second-order valence-electron chi connectivity index (χ2n) is 4.66. The van der Waals surface area contributed by atoms with Gasteiger partial charge in [-0.2, -0.15) is 5.10 Å². The van der Waals surface area contributed by atoms with Crippen molar-refractivity contribution in [1.29, 1.82) is 0 Å². The maximum Gasteiger partial charge on any atom is 0.269 e. The number of hydrazone groups is 1. The Morgan fingerprint density at radius 1 is 1.09 bits per heavy atom. The molecule has 1 aromatic heterocycles. The Bertz CT molecular complexity index is 839. The van der Waals surface area contributed by atoms with E-state index >= 15 is 0 Å². The van der Waals surface area contributed by atoms with Crippen LogP contribution >= 0.6 is 0 Å². The molecule has 0 saturated carbocycles. The van der Waals surface area contributed by atoms with Crippen LogP contribution in [-0.2, 0) is 0 Å². The quantitative estimate of drug-likeness (QED) is 0.456. The molecule has 22 heavy (non-hydrogen) atoms. The molecular weight excluding hydrogens is 280 g/mol. The summed E-state index contributed by atoms with van der Waals surface area (Å²) in [5.74, 6) is 0. The van der Waals surface area contributed by atoms with E-state index in [2.05, 4.69) is 15.5 Å². The smallest absolute Gasteiger partial charge is 0.269 e. The summed E-state index contributed by atoms with van der Waals surface area (Å²) in [6, 6.07) is 16.0. The van der Waals surface area contributed by atoms with Crippen molar-refractivity contribution in [2.75, 3.05) is 5.43 Å². The van der Waals surface area contributed by atoms with Gasteiger partial charge < -0.3 is 0 Å². The molecular formula is C16H13N4O2+. The molecule has 6 nitrogen and oxygen atoms in total. The number of non-ortho nitro benzene ring substituents is 1. The monoisotopic (exact) mass is 293 g/mol. The first-order chi connectivity index (χ1) is 10.7. The zero-order valence-corrected chi connectivity index (χ0v) is 11.6. The van der Waals surface area contributed by atoms with E-state index in [4.69, 9.17) is 0 Å². The van der Waals surface area contributed by atoms with Crippen molar-refractivity contribution in [2.45, 2.75) is 0 Å². The van der Waals surface area contributed by atoms with Crippen LogP contribution in [0, 0.1) is 10.1 Å². The highest BCUT2D eigenvalue weighted by Crippen LogP contribution is 2.18. The van der Waals surface area contributed by atoms with Crippen molar-refractivity contribution >= 4 is 28.5 Å². The molecule has 0 aliphatic heterocycles. The number of anilines is 1. The number of nitro groups is 1. The molecule has 108 valence electrons. The zero-order chi connectivity index (χ0) is 15.4. The molecule has 0 saturated heterocycles. The van der Waals surface area contributed by atoms with Crippen LogP contribution in [0.5, 0.6) is 0 Å². The third-order valence-corrected chi connectivity index (χ3v) is 3.20. The summed E-state index contributed by atoms with van der Waals surface area (Å²) < 4.78 is 0. The molecule has 0 aliphatic rings. The lowest BCUT2D eigenvalue weighted by Gasteiger charge is -2.00. The fraction of sp³-hybridized carbons (Fsp3) is 0. The number of aromatic amines is 1. The van der Waals surface area contributed by atoms with Crippen LogP contribution in [0.2, 0.25) is 0 Å². The average Bonchev–Trinajstić information content (AvgIpc) is 2.55. The van der Waals surface area contributed by atoms with Crippen LogP contribution in [0.3, 0.4) is 0 Å². The van der Waals surface area contributed by atoms with Crippen LogP contribution in [0.4, 0.5) is 11.4 Å². The molecule has 3 rings (SSSR count). The summed E-state index contributed by atoms with van der Waals surface area (Å²) in [6.45, 7) is 0. The number of nitrogens with zero attached hydrogens (tertiary/aromatic N) is 2. The van der Waals surface area contributed by atoms with E-state index in [0.717, 1.165) is 22.2 Å². The lowest BCUT2D eigenvalue weighted by Crippen LogP contribution is -2.04. The Morgan fingerprint density at radius 3 is 2.64 bits per heavy atom. The van der Waals surface area contributed by atoms with Gasteiger partial charge in [0.1, 0.15) is 5.69 Å². The highest BCUT2D eigenvalue weighted by Gasteiger charge is 2.05. The van der Waals surface area contributed by atoms with Crippen molar-refractivity contribution in [3.63, 3.8) is 0 Å². The molecule has 6 heteroatoms. The number of hydrogen-bond donors (Lipinski definition) is 1. The maximum absolute atomic E-state index is 10.6. The first-order valence-corrected chi connectivity index (χ1v) is 6.67. The van der Waals surface area contributed by atoms with Gasteiger partial charge in [-0.25, -0.2) is 4.98 Å². The van der Waals surface area contributed by atoms with Gasteiger partial charge in [-0.3, -0.25) is 15.5 Å². The normalized spacial score (nSPS) is 10.9. The van der Waals surface area contributed by atoms with Crippen LogP contribution < -0.4 is 10.4 Å². The number of aromatic nitrogens is 1. The Morgan fingerprint density at radius 2 is 1.86 bits per heavy atom. The second kappa shape index (κ2) is 6.01. The first kappa shape index (κ1) is 13.7. The Kier molecular flexibility index (Phi) is 3.74. The topological polar surface area (TPSA) is 81.7 Å². The van der Waals surface area contributed by atoms with Gasteiger partial charge in [0.15, 0.2) is 6.20 Å². The molecule has 0 atom stereocenters. The van der Waals surface area contributed by atoms with Crippen LogP contribution in [0.1, 0.15) is 5.56 Å². The number of fused-ring (bicyclic) bond motifs is 1. The number of pyridine rings is 1. The molecule has 3 aromatic rings. The molecule has 0 amide bonds. The zero-order valence-electron chi connectivity index (χ0n) is 11.6. The Balaban J connectivity index is 1.77. The lowest BCUT2D eigenvalue weighted by molar-refractivity contribution is -0.384. The number of para-hydroxylation sites is 1. The molecule has 0 unspecified atom stereocenters. The number of H-pyrrole nitrogens is 1. The fourth-order valence-electron chi connectivity index (χ4n) is 2.11. The number of nitrogens with one attached hydrogen (secondary N) is 2. The van der Waals surface area contributed by atoms with E-state index in [0.29, 0.717) is 0 Å². The lowest BCUT2D eigenvalue weighted by atomic mass is 10.2. The highest BCUT2D eigenvalue weighted by molar-refractivity contribution is 5.88. The molecule has 2 aromatic carbocycles. The van der Waals surface area contributed by atoms with Crippen LogP contribution in [-0.4, -0.2) is 11.1 Å². The van der Waals surface area contributed by atoms with Gasteiger partial charge in [0.05, 0.1) is 11.1 Å². The van der Waals surface area contributed by atoms with Gasteiger partial charge >= 0.3 is 0 Å². The summed E-state index contributed by atoms with van der Waals surface area (Å²) in [5.41, 5.74) is 5.64. The van der Waals surface area contributed by atoms with E-state index in [1.807, 2.05) is 36.5 Å². The minimum atomic E-state index is -0.425. The molecule has 1 heterocycles. The predicted molar refractivity (Wildman–Crippen MR) is 84.8 cm³/mol. The van der Waals surface area contributed by atoms with Gasteiger partial charge in [0.25, 0.3) is 5.69 Å². The average molecular weight is 293 g/mol. The van der Waals surface area contributed by atoms with Gasteiger partial charge in [-0.1, -0.05) is 6.07 Å². The summed E-state index contributed by atoms with van der Waals surface area (Å²) in [5, 5.41) is 15.8. The van der Waals surface area contributed by atoms with Gasteiger partial charge in [-0.05, 0) is 35.9 Å². The van der Waals surface area contributed by atoms with Crippen LogP contribution in [0.15, 0.2) is 65.9 Å². The minimum absolute atomic E-state index is 0.0637. The van der Waals surface area contributed by atoms with E-state index < -0.39 is 4.92 Å². The summed E-state index contributed by atoms with van der Waals surface area (Å²) in [6.07, 6.45) is 3.47. The van der Waals surface area contributed by atoms with Gasteiger partial charge in [0, 0.05) is 23.6 Å². The summed E-state index contributed by atoms with van der Waals surface area (Å²) in [4.78, 5) is 13.3. The van der Waals surface area contributed by atoms with E-state index in [1.54, 1.807) is 18.3 Å². The van der Waals surface area contributed by atoms with E-state index in [-0.39, 0.29) is 5.69 Å². The van der Waals surface area contributed by atoms with E-state index in [1.165, 1.54) is 12.1 Å². The van der Waals surface area contributed by atoms with Crippen molar-refractivity contribution < 1.29 is 9.91 Å². The van der Waals surface area contributed by atoms with Gasteiger partial charge in [0.2, 0.25) is 5.52 Å². The molecule has 0 fully saturated rings. The molecule has 0 spiro atoms. The van der Waals surface area contributed by atoms with Gasteiger partial charge in [-0.15, -0.1) is 0 Å². The molecule has 2 N–H and O–H groups in total. The highest BCUT2D eigenvalue weighted by atomic mass is 16.6. The molecule has 0 bridgehead atoms. The predicted octanol–water partition coefficient (Wildman–Crippen LogP) is 3.01. The number of rotatable bonds is 4. The third-order valence-electron chi connectivity index (χ3n) is 3.20. The SMILES string of the molecule is O=[N+]([O-])c1ccc(C=NNc2cccc3ccc[nH+]c23)cc1. The Labute approximate surface area is 126 Å². The van der Waals surface area contributed by atoms with Crippen molar-refractivity contribution in [1.82, 2.24) is 0 Å². The van der Waals surface area contributed by atoms with E-state index in [9.17, 15) is 10.1 Å². The third kappa shape index (κ3) is 2.90. The minimum Gasteiger partial charge on any atom is -0.272 e. The summed E-state index contributed by atoms with van der Waals surface area (Å²) >= 11 is 0. The van der Waals surface area contributed by atoms with Crippen molar-refractivity contribution in [3.8, 4) is 0 Å². The van der Waals surface area contributed by atoms with Crippen LogP contribution in [0.25, 0.3) is 10.9 Å². The standard InChI is InChI=1S/C16H12N4O2/c21-20(22)14-8-6-12(7-9-14)11-18-19-15-5-1-3-13-4-2-10-17-16(13)15/h1-11,19H/p+1. The maximum atomic E-state index is 10.6. The van der Waals surface area contributed by atoms with Crippen molar-refractivity contribution in [2.24, 2.45) is 5.10 Å². The van der Waals surface area contributed by atoms with Crippen molar-refractivity contribution in [3.05, 3.63) is 76.5 Å². The number of nitro benzene ring substituents is 1. The largest absolute Gasteiger partial charge is 0.272 e.